The summed E-state index contributed by atoms with van der Waals surface area (Å²) in [5.74, 6) is 0.838. The molecule has 0 atom stereocenters. The fraction of sp³-hybridized carbons (Fsp3) is 0.367. The number of rotatable bonds is 6. The molecule has 2 N–H and O–H groups in total. The second-order valence-corrected chi connectivity index (χ2v) is 11.1. The predicted molar refractivity (Wildman–Crippen MR) is 154 cm³/mol. The molecule has 5 rings (SSSR count). The van der Waals surface area contributed by atoms with E-state index in [9.17, 15) is 4.79 Å². The number of nitrogens with two attached hydrogens (primary N) is 1. The topological polar surface area (TPSA) is 114 Å². The molecule has 9 heteroatoms. The zero-order valence-electron chi connectivity index (χ0n) is 22.8. The Morgan fingerprint density at radius 2 is 1.69 bits per heavy atom. The third kappa shape index (κ3) is 6.49. The monoisotopic (exact) mass is 527 g/mol. The van der Waals surface area contributed by atoms with Crippen LogP contribution in [0.15, 0.2) is 65.2 Å². The molecule has 0 spiro atoms. The standard InChI is InChI=1S/C30H35N7O2.H2/c1-30(2,3)14-17-36-15-7-16-37(19-18-36)29(38)23-12-10-21(11-13-23)24-20-32-26(31)25(33-24)28-35-34-27(39-28)22-8-5-4-6-9-22;/h4-6,8-13,20H,7,14-19H2,1-3H3,(H2,31,32);1H. The molecule has 204 valence electrons. The number of carbonyl (C=O) groups is 1. The molecule has 0 bridgehead atoms. The summed E-state index contributed by atoms with van der Waals surface area (Å²) >= 11 is 0. The Morgan fingerprint density at radius 1 is 0.949 bits per heavy atom. The summed E-state index contributed by atoms with van der Waals surface area (Å²) in [6.45, 7) is 11.3. The van der Waals surface area contributed by atoms with Crippen LogP contribution < -0.4 is 5.73 Å². The van der Waals surface area contributed by atoms with Gasteiger partial charge in [-0.3, -0.25) is 4.79 Å². The van der Waals surface area contributed by atoms with Gasteiger partial charge in [-0.2, -0.15) is 0 Å². The van der Waals surface area contributed by atoms with Gasteiger partial charge >= 0.3 is 0 Å². The molecule has 1 amide bonds. The highest BCUT2D eigenvalue weighted by Gasteiger charge is 2.22. The van der Waals surface area contributed by atoms with Crippen LogP contribution in [0.4, 0.5) is 5.82 Å². The highest BCUT2D eigenvalue weighted by atomic mass is 16.4. The number of nitrogens with zero attached hydrogens (tertiary/aromatic N) is 6. The Balaban J connectivity index is 0.00000370. The molecule has 1 aliphatic rings. The average molecular weight is 528 g/mol. The molecule has 9 nitrogen and oxygen atoms in total. The van der Waals surface area contributed by atoms with Gasteiger partial charge in [-0.05, 0) is 55.6 Å². The molecule has 0 unspecified atom stereocenters. The molecule has 1 aliphatic heterocycles. The molecule has 4 aromatic rings. The first-order valence-electron chi connectivity index (χ1n) is 13.4. The van der Waals surface area contributed by atoms with Gasteiger partial charge in [0, 0.05) is 37.8 Å². The van der Waals surface area contributed by atoms with Gasteiger partial charge in [-0.1, -0.05) is 51.1 Å². The molecule has 39 heavy (non-hydrogen) atoms. The maximum Gasteiger partial charge on any atom is 0.270 e. The average Bonchev–Trinajstić information content (AvgIpc) is 3.31. The first-order valence-corrected chi connectivity index (χ1v) is 13.4. The van der Waals surface area contributed by atoms with Gasteiger partial charge in [0.1, 0.15) is 0 Å². The lowest BCUT2D eigenvalue weighted by Crippen LogP contribution is -2.35. The zero-order valence-corrected chi connectivity index (χ0v) is 22.8. The highest BCUT2D eigenvalue weighted by molar-refractivity contribution is 5.94. The largest absolute Gasteiger partial charge is 0.414 e. The third-order valence-electron chi connectivity index (χ3n) is 6.93. The number of anilines is 1. The Labute approximate surface area is 230 Å². The fourth-order valence-electron chi connectivity index (χ4n) is 4.57. The van der Waals surface area contributed by atoms with E-state index in [1.54, 1.807) is 6.20 Å². The lowest BCUT2D eigenvalue weighted by atomic mass is 9.92. The summed E-state index contributed by atoms with van der Waals surface area (Å²) in [5.41, 5.74) is 9.62. The number of nitrogen functional groups attached to an aromatic ring is 1. The lowest BCUT2D eigenvalue weighted by molar-refractivity contribution is 0.0760. The summed E-state index contributed by atoms with van der Waals surface area (Å²) in [4.78, 5) is 26.7. The zero-order chi connectivity index (χ0) is 27.4. The summed E-state index contributed by atoms with van der Waals surface area (Å²) in [5, 5.41) is 8.26. The Hall–Kier alpha value is -4.11. The van der Waals surface area contributed by atoms with Crippen molar-refractivity contribution in [2.24, 2.45) is 5.41 Å². The van der Waals surface area contributed by atoms with E-state index in [4.69, 9.17) is 10.2 Å². The Morgan fingerprint density at radius 3 is 2.44 bits per heavy atom. The van der Waals surface area contributed by atoms with E-state index >= 15 is 0 Å². The number of amides is 1. The molecule has 0 saturated carbocycles. The van der Waals surface area contributed by atoms with E-state index < -0.39 is 0 Å². The van der Waals surface area contributed by atoms with Crippen molar-refractivity contribution < 1.29 is 10.6 Å². The first-order chi connectivity index (χ1) is 18.8. The molecule has 2 aromatic carbocycles. The first kappa shape index (κ1) is 26.5. The van der Waals surface area contributed by atoms with E-state index in [1.807, 2.05) is 59.5 Å². The van der Waals surface area contributed by atoms with Crippen LogP contribution in [0.25, 0.3) is 34.3 Å². The number of hydrogen-bond donors (Lipinski definition) is 1. The van der Waals surface area contributed by atoms with Crippen LogP contribution in [0.3, 0.4) is 0 Å². The van der Waals surface area contributed by atoms with Gasteiger partial charge in [-0.25, -0.2) is 9.97 Å². The SMILES string of the molecule is CC(C)(C)CCN1CCCN(C(=O)c2ccc(-c3cnc(N)c(-c4nnc(-c5ccccc5)o4)n3)cc2)CC1.[HH]. The van der Waals surface area contributed by atoms with Crippen LogP contribution >= 0.6 is 0 Å². The molecule has 1 saturated heterocycles. The molecule has 1 fully saturated rings. The molecule has 0 radical (unpaired) electrons. The summed E-state index contributed by atoms with van der Waals surface area (Å²) in [6.07, 6.45) is 3.74. The van der Waals surface area contributed by atoms with Gasteiger partial charge in [0.05, 0.1) is 11.9 Å². The van der Waals surface area contributed by atoms with Gasteiger partial charge in [0.25, 0.3) is 11.8 Å². The predicted octanol–water partition coefficient (Wildman–Crippen LogP) is 5.27. The van der Waals surface area contributed by atoms with E-state index in [2.05, 4.69) is 45.8 Å². The molecular formula is C30H37N7O2. The van der Waals surface area contributed by atoms with Gasteiger partial charge in [0.2, 0.25) is 5.89 Å². The maximum atomic E-state index is 13.3. The fourth-order valence-corrected chi connectivity index (χ4v) is 4.57. The molecular weight excluding hydrogens is 490 g/mol. The van der Waals surface area contributed by atoms with Crippen LogP contribution in [-0.4, -0.2) is 68.6 Å². The van der Waals surface area contributed by atoms with Crippen molar-refractivity contribution in [3.63, 3.8) is 0 Å². The summed E-state index contributed by atoms with van der Waals surface area (Å²) < 4.78 is 5.84. The van der Waals surface area contributed by atoms with Gasteiger partial charge in [-0.15, -0.1) is 10.2 Å². The van der Waals surface area contributed by atoms with Crippen molar-refractivity contribution in [3.05, 3.63) is 66.4 Å². The number of carbonyl (C=O) groups excluding carboxylic acids is 1. The number of benzene rings is 2. The Bertz CT molecular complexity index is 1420. The quantitative estimate of drug-likeness (QED) is 0.361. The van der Waals surface area contributed by atoms with Crippen LogP contribution in [0.1, 0.15) is 45.4 Å². The van der Waals surface area contributed by atoms with Crippen molar-refractivity contribution >= 4 is 11.7 Å². The Kier molecular flexibility index (Phi) is 7.70. The van der Waals surface area contributed by atoms with E-state index in [0.717, 1.165) is 56.7 Å². The van der Waals surface area contributed by atoms with Crippen molar-refractivity contribution in [1.29, 1.82) is 0 Å². The van der Waals surface area contributed by atoms with Gasteiger partial charge in [0.15, 0.2) is 11.5 Å². The van der Waals surface area contributed by atoms with E-state index in [0.29, 0.717) is 28.3 Å². The van der Waals surface area contributed by atoms with Crippen molar-refractivity contribution in [2.75, 3.05) is 38.5 Å². The summed E-state index contributed by atoms with van der Waals surface area (Å²) in [6, 6.07) is 17.0. The minimum absolute atomic E-state index is 0. The molecule has 3 heterocycles. The van der Waals surface area contributed by atoms with E-state index in [-0.39, 0.29) is 19.0 Å². The van der Waals surface area contributed by atoms with Crippen LogP contribution in [-0.2, 0) is 0 Å². The third-order valence-corrected chi connectivity index (χ3v) is 6.93. The molecule has 2 aromatic heterocycles. The molecule has 0 aliphatic carbocycles. The maximum absolute atomic E-state index is 13.3. The minimum atomic E-state index is 0. The normalized spacial score (nSPS) is 14.8. The van der Waals surface area contributed by atoms with Crippen molar-refractivity contribution in [3.8, 4) is 34.3 Å². The van der Waals surface area contributed by atoms with Crippen LogP contribution in [0.2, 0.25) is 0 Å². The number of hydrogen-bond acceptors (Lipinski definition) is 8. The van der Waals surface area contributed by atoms with Crippen LogP contribution in [0.5, 0.6) is 0 Å². The minimum Gasteiger partial charge on any atom is -0.414 e. The van der Waals surface area contributed by atoms with E-state index in [1.165, 1.54) is 0 Å². The highest BCUT2D eigenvalue weighted by Crippen LogP contribution is 2.28. The smallest absolute Gasteiger partial charge is 0.270 e. The van der Waals surface area contributed by atoms with Crippen molar-refractivity contribution in [2.45, 2.75) is 33.6 Å². The lowest BCUT2D eigenvalue weighted by Gasteiger charge is -2.25. The van der Waals surface area contributed by atoms with Gasteiger partial charge < -0.3 is 20.0 Å². The van der Waals surface area contributed by atoms with Crippen molar-refractivity contribution in [1.82, 2.24) is 30.0 Å². The summed E-state index contributed by atoms with van der Waals surface area (Å²) in [7, 11) is 0. The second kappa shape index (κ2) is 11.3. The van der Waals surface area contributed by atoms with Crippen LogP contribution in [0, 0.1) is 5.41 Å². The second-order valence-electron chi connectivity index (χ2n) is 11.1. The number of aromatic nitrogens is 4.